The zero-order valence-electron chi connectivity index (χ0n) is 16.9. The third kappa shape index (κ3) is 4.99. The minimum absolute atomic E-state index is 0.0243. The van der Waals surface area contributed by atoms with Gasteiger partial charge in [-0.3, -0.25) is 0 Å². The molecule has 0 spiro atoms. The molecule has 0 bridgehead atoms. The molecule has 3 aromatic rings. The number of aryl methyl sites for hydroxylation is 2. The lowest BCUT2D eigenvalue weighted by Crippen LogP contribution is -2.12. The molecule has 6 nitrogen and oxygen atoms in total. The maximum Gasteiger partial charge on any atom is 0.339 e. The fraction of sp³-hybridized carbons (Fsp3) is 0.174. The molecule has 0 fully saturated rings. The van der Waals surface area contributed by atoms with Crippen LogP contribution in [0.1, 0.15) is 27.0 Å². The van der Waals surface area contributed by atoms with Crippen molar-refractivity contribution in [3.05, 3.63) is 89.0 Å². The average molecular weight is 426 g/mol. The van der Waals surface area contributed by atoms with Gasteiger partial charge in [-0.05, 0) is 54.8 Å². The molecule has 0 atom stereocenters. The number of carbonyl (C=O) groups excluding carboxylic acids is 1. The summed E-state index contributed by atoms with van der Waals surface area (Å²) in [5, 5.41) is 0. The lowest BCUT2D eigenvalue weighted by Gasteiger charge is -2.13. The van der Waals surface area contributed by atoms with Crippen LogP contribution in [0.25, 0.3) is 0 Å². The van der Waals surface area contributed by atoms with Crippen molar-refractivity contribution in [2.45, 2.75) is 25.3 Å². The molecule has 7 heteroatoms. The van der Waals surface area contributed by atoms with Gasteiger partial charge in [0, 0.05) is 6.07 Å². The summed E-state index contributed by atoms with van der Waals surface area (Å²) < 4.78 is 41.1. The summed E-state index contributed by atoms with van der Waals surface area (Å²) in [6, 6.07) is 18.2. The standard InChI is InChI=1S/C23H22O6S/c1-16-13-17(2)22(14-21(16)27-3)30(25,26)29-20-11-9-19(10-12-20)23(24)28-15-18-7-5-4-6-8-18/h4-14H,15H2,1-3H3. The van der Waals surface area contributed by atoms with Crippen molar-refractivity contribution in [2.24, 2.45) is 0 Å². The van der Waals surface area contributed by atoms with Gasteiger partial charge in [-0.25, -0.2) is 4.79 Å². The Morgan fingerprint density at radius 2 is 1.57 bits per heavy atom. The second-order valence-corrected chi connectivity index (χ2v) is 8.23. The predicted molar refractivity (Wildman–Crippen MR) is 112 cm³/mol. The lowest BCUT2D eigenvalue weighted by molar-refractivity contribution is 0.0472. The fourth-order valence-corrected chi connectivity index (χ4v) is 4.09. The molecule has 156 valence electrons. The van der Waals surface area contributed by atoms with E-state index in [9.17, 15) is 13.2 Å². The lowest BCUT2D eigenvalue weighted by atomic mass is 10.1. The molecular formula is C23H22O6S. The number of hydrogen-bond acceptors (Lipinski definition) is 6. The normalized spacial score (nSPS) is 11.0. The molecule has 3 rings (SSSR count). The predicted octanol–water partition coefficient (Wildman–Crippen LogP) is 4.44. The van der Waals surface area contributed by atoms with Gasteiger partial charge in [0.15, 0.2) is 0 Å². The summed E-state index contributed by atoms with van der Waals surface area (Å²) in [6.07, 6.45) is 0. The number of rotatable bonds is 7. The minimum atomic E-state index is -4.07. The summed E-state index contributed by atoms with van der Waals surface area (Å²) in [4.78, 5) is 12.2. The number of benzene rings is 3. The van der Waals surface area contributed by atoms with E-state index in [1.165, 1.54) is 37.4 Å². The first kappa shape index (κ1) is 21.4. The highest BCUT2D eigenvalue weighted by molar-refractivity contribution is 7.87. The molecule has 0 saturated carbocycles. The van der Waals surface area contributed by atoms with Crippen LogP contribution in [0.3, 0.4) is 0 Å². The van der Waals surface area contributed by atoms with Gasteiger partial charge in [-0.15, -0.1) is 0 Å². The molecule has 0 aliphatic heterocycles. The first-order chi connectivity index (χ1) is 14.3. The smallest absolute Gasteiger partial charge is 0.339 e. The summed E-state index contributed by atoms with van der Waals surface area (Å²) in [6.45, 7) is 3.67. The van der Waals surface area contributed by atoms with Crippen molar-refractivity contribution in [3.63, 3.8) is 0 Å². The topological polar surface area (TPSA) is 78.9 Å². The summed E-state index contributed by atoms with van der Waals surface area (Å²) in [7, 11) is -2.59. The highest BCUT2D eigenvalue weighted by Gasteiger charge is 2.21. The highest BCUT2D eigenvalue weighted by Crippen LogP contribution is 2.28. The van der Waals surface area contributed by atoms with Crippen molar-refractivity contribution in [1.82, 2.24) is 0 Å². The molecule has 0 aromatic heterocycles. The Morgan fingerprint density at radius 3 is 2.20 bits per heavy atom. The van der Waals surface area contributed by atoms with Crippen molar-refractivity contribution < 1.29 is 26.9 Å². The van der Waals surface area contributed by atoms with E-state index >= 15 is 0 Å². The Bertz CT molecular complexity index is 1140. The van der Waals surface area contributed by atoms with Gasteiger partial charge < -0.3 is 13.7 Å². The first-order valence-electron chi connectivity index (χ1n) is 9.21. The monoisotopic (exact) mass is 426 g/mol. The molecule has 3 aromatic carbocycles. The van der Waals surface area contributed by atoms with Crippen molar-refractivity contribution in [3.8, 4) is 11.5 Å². The van der Waals surface area contributed by atoms with E-state index in [4.69, 9.17) is 13.7 Å². The Morgan fingerprint density at radius 1 is 0.900 bits per heavy atom. The first-order valence-corrected chi connectivity index (χ1v) is 10.6. The number of esters is 1. The Hall–Kier alpha value is -3.32. The largest absolute Gasteiger partial charge is 0.496 e. The van der Waals surface area contributed by atoms with Gasteiger partial charge in [0.25, 0.3) is 0 Å². The maximum absolute atomic E-state index is 12.7. The quantitative estimate of drug-likeness (QED) is 0.411. The van der Waals surface area contributed by atoms with E-state index in [0.717, 1.165) is 11.1 Å². The third-order valence-electron chi connectivity index (χ3n) is 4.47. The Kier molecular flexibility index (Phi) is 6.42. The molecule has 0 N–H and O–H groups in total. The van der Waals surface area contributed by atoms with E-state index in [1.807, 2.05) is 37.3 Å². The van der Waals surface area contributed by atoms with Gasteiger partial charge in [0.1, 0.15) is 23.0 Å². The average Bonchev–Trinajstić information content (AvgIpc) is 2.73. The molecule has 0 unspecified atom stereocenters. The molecule has 0 heterocycles. The number of methoxy groups -OCH3 is 1. The molecule has 0 aliphatic carbocycles. The third-order valence-corrected chi connectivity index (χ3v) is 5.86. The van der Waals surface area contributed by atoms with Gasteiger partial charge in [-0.1, -0.05) is 36.4 Å². The van der Waals surface area contributed by atoms with Crippen molar-refractivity contribution >= 4 is 16.1 Å². The zero-order valence-corrected chi connectivity index (χ0v) is 17.7. The van der Waals surface area contributed by atoms with Crippen LogP contribution < -0.4 is 8.92 Å². The number of hydrogen-bond donors (Lipinski definition) is 0. The maximum atomic E-state index is 12.7. The van der Waals surface area contributed by atoms with Crippen LogP contribution in [0.2, 0.25) is 0 Å². The van der Waals surface area contributed by atoms with Crippen LogP contribution >= 0.6 is 0 Å². The number of ether oxygens (including phenoxy) is 2. The molecular weight excluding hydrogens is 404 g/mol. The van der Waals surface area contributed by atoms with Gasteiger partial charge >= 0.3 is 16.1 Å². The van der Waals surface area contributed by atoms with Crippen molar-refractivity contribution in [2.75, 3.05) is 7.11 Å². The molecule has 0 saturated heterocycles. The van der Waals surface area contributed by atoms with E-state index in [2.05, 4.69) is 0 Å². The van der Waals surface area contributed by atoms with Crippen LogP contribution in [0, 0.1) is 13.8 Å². The molecule has 0 amide bonds. The second-order valence-electron chi connectivity index (χ2n) is 6.71. The van der Waals surface area contributed by atoms with Gasteiger partial charge in [0.2, 0.25) is 0 Å². The van der Waals surface area contributed by atoms with Crippen LogP contribution in [-0.2, 0) is 21.5 Å². The van der Waals surface area contributed by atoms with Crippen LogP contribution in [0.15, 0.2) is 71.6 Å². The number of carbonyl (C=O) groups is 1. The Balaban J connectivity index is 1.71. The van der Waals surface area contributed by atoms with Gasteiger partial charge in [-0.2, -0.15) is 8.42 Å². The highest BCUT2D eigenvalue weighted by atomic mass is 32.2. The molecule has 0 aliphatic rings. The van der Waals surface area contributed by atoms with Crippen LogP contribution in [0.4, 0.5) is 0 Å². The summed E-state index contributed by atoms with van der Waals surface area (Å²) >= 11 is 0. The SMILES string of the molecule is COc1cc(S(=O)(=O)Oc2ccc(C(=O)OCc3ccccc3)cc2)c(C)cc1C. The van der Waals surface area contributed by atoms with E-state index < -0.39 is 16.1 Å². The Labute approximate surface area is 176 Å². The van der Waals surface area contributed by atoms with E-state index in [1.54, 1.807) is 13.0 Å². The second kappa shape index (κ2) is 9.00. The summed E-state index contributed by atoms with van der Waals surface area (Å²) in [5.74, 6) is 0.0419. The molecule has 0 radical (unpaired) electrons. The van der Waals surface area contributed by atoms with Crippen LogP contribution in [0.5, 0.6) is 11.5 Å². The van der Waals surface area contributed by atoms with Crippen molar-refractivity contribution in [1.29, 1.82) is 0 Å². The fourth-order valence-electron chi connectivity index (χ4n) is 2.93. The zero-order chi connectivity index (χ0) is 21.7. The van der Waals surface area contributed by atoms with Gasteiger partial charge in [0.05, 0.1) is 12.7 Å². The summed E-state index contributed by atoms with van der Waals surface area (Å²) in [5.41, 5.74) is 2.55. The molecule has 30 heavy (non-hydrogen) atoms. The van der Waals surface area contributed by atoms with E-state index in [0.29, 0.717) is 16.9 Å². The minimum Gasteiger partial charge on any atom is -0.496 e. The van der Waals surface area contributed by atoms with Crippen LogP contribution in [-0.4, -0.2) is 21.5 Å². The van der Waals surface area contributed by atoms with E-state index in [-0.39, 0.29) is 17.3 Å².